The molecule has 0 N–H and O–H groups in total. The van der Waals surface area contributed by atoms with Gasteiger partial charge in [0.25, 0.3) is 5.91 Å². The monoisotopic (exact) mass is 399 g/mol. The number of benzene rings is 2. The van der Waals surface area contributed by atoms with Gasteiger partial charge in [-0.15, -0.1) is 0 Å². The van der Waals surface area contributed by atoms with E-state index in [0.29, 0.717) is 30.5 Å². The van der Waals surface area contributed by atoms with Gasteiger partial charge in [-0.3, -0.25) is 14.6 Å². The minimum atomic E-state index is -0.355. The van der Waals surface area contributed by atoms with E-state index in [4.69, 9.17) is 9.72 Å². The quantitative estimate of drug-likeness (QED) is 0.656. The number of aryl methyl sites for hydroxylation is 1. The molecule has 2 aromatic carbocycles. The molecule has 2 heterocycles. The van der Waals surface area contributed by atoms with Gasteiger partial charge in [-0.2, -0.15) is 0 Å². The summed E-state index contributed by atoms with van der Waals surface area (Å²) in [4.78, 5) is 22.0. The Hall–Kier alpha value is -2.35. The maximum Gasteiger partial charge on any atom is 0.260 e. The van der Waals surface area contributed by atoms with Gasteiger partial charge in [-0.25, -0.2) is 9.37 Å². The predicted molar refractivity (Wildman–Crippen MR) is 110 cm³/mol. The van der Waals surface area contributed by atoms with Crippen molar-refractivity contribution < 1.29 is 13.9 Å². The molecule has 0 unspecified atom stereocenters. The fourth-order valence-corrected chi connectivity index (χ4v) is 4.36. The molecule has 1 aliphatic rings. The summed E-state index contributed by atoms with van der Waals surface area (Å²) in [6.45, 7) is 6.43. The number of nitrogens with zero attached hydrogens (tertiary/aromatic N) is 3. The molecule has 7 heteroatoms. The van der Waals surface area contributed by atoms with Crippen molar-refractivity contribution in [3.63, 3.8) is 0 Å². The van der Waals surface area contributed by atoms with Gasteiger partial charge in [0.15, 0.2) is 5.13 Å². The number of halogens is 1. The number of carbonyl (C=O) groups is 1. The third-order valence-electron chi connectivity index (χ3n) is 4.92. The molecule has 28 heavy (non-hydrogen) atoms. The molecule has 0 radical (unpaired) electrons. The molecule has 3 aromatic rings. The number of para-hydroxylation sites is 1. The van der Waals surface area contributed by atoms with Crippen LogP contribution in [-0.4, -0.2) is 55.2 Å². The van der Waals surface area contributed by atoms with Crippen LogP contribution in [0.15, 0.2) is 42.5 Å². The maximum absolute atomic E-state index is 13.3. The van der Waals surface area contributed by atoms with Crippen LogP contribution in [0.3, 0.4) is 0 Å². The highest BCUT2D eigenvalue weighted by Gasteiger charge is 2.23. The Bertz CT molecular complexity index is 967. The molecule has 1 saturated heterocycles. The van der Waals surface area contributed by atoms with E-state index in [0.717, 1.165) is 35.4 Å². The molecule has 1 amide bonds. The first-order valence-corrected chi connectivity index (χ1v) is 10.2. The summed E-state index contributed by atoms with van der Waals surface area (Å²) in [6.07, 6.45) is 0. The Morgan fingerprint density at radius 1 is 1.21 bits per heavy atom. The smallest absolute Gasteiger partial charge is 0.260 e. The van der Waals surface area contributed by atoms with E-state index in [9.17, 15) is 9.18 Å². The molecule has 0 aliphatic carbocycles. The minimum Gasteiger partial charge on any atom is -0.379 e. The maximum atomic E-state index is 13.3. The fourth-order valence-electron chi connectivity index (χ4n) is 3.29. The average molecular weight is 399 g/mol. The minimum absolute atomic E-state index is 0.162. The SMILES string of the molecule is Cc1cccc2sc(N(CCN3CCOCC3)C(=O)c3ccc(F)cc3)nc12. The lowest BCUT2D eigenvalue weighted by atomic mass is 10.2. The lowest BCUT2D eigenvalue weighted by Crippen LogP contribution is -2.43. The molecule has 4 rings (SSSR count). The molecule has 1 aliphatic heterocycles. The van der Waals surface area contributed by atoms with Gasteiger partial charge >= 0.3 is 0 Å². The molecule has 1 fully saturated rings. The molecular formula is C21H22FN3O2S. The van der Waals surface area contributed by atoms with E-state index in [1.165, 1.54) is 35.6 Å². The molecule has 146 valence electrons. The van der Waals surface area contributed by atoms with E-state index in [-0.39, 0.29) is 11.7 Å². The second kappa shape index (κ2) is 8.34. The lowest BCUT2D eigenvalue weighted by Gasteiger charge is -2.29. The number of carbonyl (C=O) groups excluding carboxylic acids is 1. The van der Waals surface area contributed by atoms with Crippen LogP contribution in [0, 0.1) is 12.7 Å². The molecule has 0 atom stereocenters. The second-order valence-electron chi connectivity index (χ2n) is 6.84. The van der Waals surface area contributed by atoms with Gasteiger partial charge in [0, 0.05) is 31.7 Å². The Labute approximate surface area is 167 Å². The highest BCUT2D eigenvalue weighted by molar-refractivity contribution is 7.22. The highest BCUT2D eigenvalue weighted by Crippen LogP contribution is 2.31. The number of amides is 1. The second-order valence-corrected chi connectivity index (χ2v) is 7.84. The normalized spacial score (nSPS) is 15.1. The van der Waals surface area contributed by atoms with Crippen molar-refractivity contribution in [2.24, 2.45) is 0 Å². The first-order valence-electron chi connectivity index (χ1n) is 9.35. The zero-order valence-corrected chi connectivity index (χ0v) is 16.5. The summed E-state index contributed by atoms with van der Waals surface area (Å²) in [5, 5.41) is 0.673. The van der Waals surface area contributed by atoms with Crippen molar-refractivity contribution >= 4 is 32.6 Å². The van der Waals surface area contributed by atoms with Crippen molar-refractivity contribution in [2.75, 3.05) is 44.3 Å². The molecule has 5 nitrogen and oxygen atoms in total. The number of rotatable bonds is 5. The number of hydrogen-bond donors (Lipinski definition) is 0. The summed E-state index contributed by atoms with van der Waals surface area (Å²) < 4.78 is 19.8. The van der Waals surface area contributed by atoms with Gasteiger partial charge in [0.2, 0.25) is 0 Å². The summed E-state index contributed by atoms with van der Waals surface area (Å²) >= 11 is 1.51. The molecule has 0 saturated carbocycles. The summed E-state index contributed by atoms with van der Waals surface area (Å²) in [5.41, 5.74) is 2.47. The van der Waals surface area contributed by atoms with E-state index in [2.05, 4.69) is 4.90 Å². The van der Waals surface area contributed by atoms with E-state index < -0.39 is 0 Å². The van der Waals surface area contributed by atoms with E-state index in [1.54, 1.807) is 4.90 Å². The van der Waals surface area contributed by atoms with Crippen LogP contribution in [0.5, 0.6) is 0 Å². The van der Waals surface area contributed by atoms with Crippen LogP contribution < -0.4 is 4.90 Å². The van der Waals surface area contributed by atoms with Gasteiger partial charge in [0.05, 0.1) is 23.4 Å². The highest BCUT2D eigenvalue weighted by atomic mass is 32.1. The average Bonchev–Trinajstić information content (AvgIpc) is 3.15. The topological polar surface area (TPSA) is 45.7 Å². The van der Waals surface area contributed by atoms with Crippen molar-refractivity contribution in [1.82, 2.24) is 9.88 Å². The van der Waals surface area contributed by atoms with Crippen molar-refractivity contribution in [3.05, 3.63) is 59.4 Å². The van der Waals surface area contributed by atoms with Crippen molar-refractivity contribution in [3.8, 4) is 0 Å². The fraction of sp³-hybridized carbons (Fsp3) is 0.333. The Balaban J connectivity index is 1.64. The largest absolute Gasteiger partial charge is 0.379 e. The third-order valence-corrected chi connectivity index (χ3v) is 5.96. The number of ether oxygens (including phenoxy) is 1. The van der Waals surface area contributed by atoms with E-state index >= 15 is 0 Å². The molecule has 0 spiro atoms. The third kappa shape index (κ3) is 4.06. The Kier molecular flexibility index (Phi) is 5.66. The first kappa shape index (κ1) is 19.0. The number of anilines is 1. The van der Waals surface area contributed by atoms with Crippen molar-refractivity contribution in [2.45, 2.75) is 6.92 Å². The van der Waals surface area contributed by atoms with Crippen molar-refractivity contribution in [1.29, 1.82) is 0 Å². The Morgan fingerprint density at radius 2 is 1.96 bits per heavy atom. The van der Waals surface area contributed by atoms with Crippen LogP contribution in [0.25, 0.3) is 10.2 Å². The number of aromatic nitrogens is 1. The number of morpholine rings is 1. The number of thiazole rings is 1. The number of hydrogen-bond acceptors (Lipinski definition) is 5. The van der Waals surface area contributed by atoms with Gasteiger partial charge < -0.3 is 4.74 Å². The van der Waals surface area contributed by atoms with Gasteiger partial charge in [-0.1, -0.05) is 23.5 Å². The van der Waals surface area contributed by atoms with E-state index in [1.807, 2.05) is 25.1 Å². The molecule has 0 bridgehead atoms. The lowest BCUT2D eigenvalue weighted by molar-refractivity contribution is 0.0391. The Morgan fingerprint density at radius 3 is 2.68 bits per heavy atom. The first-order chi connectivity index (χ1) is 13.6. The summed E-state index contributed by atoms with van der Waals surface area (Å²) in [6, 6.07) is 11.7. The standard InChI is InChI=1S/C21H22FN3O2S/c1-15-3-2-4-18-19(15)23-21(28-18)25(10-9-24-11-13-27-14-12-24)20(26)16-5-7-17(22)8-6-16/h2-8H,9-14H2,1H3. The van der Waals surface area contributed by atoms with Gasteiger partial charge in [0.1, 0.15) is 5.82 Å². The number of fused-ring (bicyclic) bond motifs is 1. The van der Waals surface area contributed by atoms with Crippen LogP contribution >= 0.6 is 11.3 Å². The summed E-state index contributed by atoms with van der Waals surface area (Å²) in [5.74, 6) is -0.517. The van der Waals surface area contributed by atoms with Crippen LogP contribution in [-0.2, 0) is 4.74 Å². The molecule has 1 aromatic heterocycles. The molecular weight excluding hydrogens is 377 g/mol. The predicted octanol–water partition coefficient (Wildman–Crippen LogP) is 3.72. The summed E-state index contributed by atoms with van der Waals surface area (Å²) in [7, 11) is 0. The zero-order chi connectivity index (χ0) is 19.5. The van der Waals surface area contributed by atoms with Crippen LogP contribution in [0.1, 0.15) is 15.9 Å². The van der Waals surface area contributed by atoms with Crippen LogP contribution in [0.2, 0.25) is 0 Å². The van der Waals surface area contributed by atoms with Gasteiger partial charge in [-0.05, 0) is 42.8 Å². The van der Waals surface area contributed by atoms with Crippen LogP contribution in [0.4, 0.5) is 9.52 Å². The zero-order valence-electron chi connectivity index (χ0n) is 15.7.